The van der Waals surface area contributed by atoms with Crippen LogP contribution in [0.3, 0.4) is 0 Å². The van der Waals surface area contributed by atoms with Crippen molar-refractivity contribution in [3.8, 4) is 0 Å². The monoisotopic (exact) mass is 266 g/mol. The largest absolute Gasteiger partial charge is 0.433 e. The standard InChI is InChI=1S/C9H13F3N4S/c1-13-8-15-6(9(10,11)12)5-7(16-8)14-3-4-17-2/h5H,3-4H2,1-2H3,(H2,13,14,15,16). The summed E-state index contributed by atoms with van der Waals surface area (Å²) in [5.74, 6) is 0.914. The van der Waals surface area contributed by atoms with E-state index in [1.807, 2.05) is 6.26 Å². The van der Waals surface area contributed by atoms with Gasteiger partial charge in [0.15, 0.2) is 5.69 Å². The Kier molecular flexibility index (Phi) is 4.86. The molecular weight excluding hydrogens is 253 g/mol. The maximum Gasteiger partial charge on any atom is 0.433 e. The van der Waals surface area contributed by atoms with Crippen LogP contribution >= 0.6 is 11.8 Å². The molecule has 0 fully saturated rings. The number of anilines is 2. The highest BCUT2D eigenvalue weighted by Crippen LogP contribution is 2.29. The zero-order valence-electron chi connectivity index (χ0n) is 9.43. The first-order valence-corrected chi connectivity index (χ1v) is 6.23. The Hall–Kier alpha value is -1.18. The first kappa shape index (κ1) is 13.9. The van der Waals surface area contributed by atoms with Crippen LogP contribution in [-0.4, -0.2) is 35.6 Å². The minimum absolute atomic E-state index is 0.0496. The summed E-state index contributed by atoms with van der Waals surface area (Å²) in [6.45, 7) is 0.554. The topological polar surface area (TPSA) is 49.8 Å². The van der Waals surface area contributed by atoms with Gasteiger partial charge in [-0.1, -0.05) is 0 Å². The molecule has 0 aliphatic heterocycles. The Labute approximate surface area is 101 Å². The number of hydrogen-bond donors (Lipinski definition) is 2. The van der Waals surface area contributed by atoms with Gasteiger partial charge < -0.3 is 10.6 Å². The molecule has 0 aliphatic carbocycles. The third-order valence-corrected chi connectivity index (χ3v) is 2.46. The predicted octanol–water partition coefficient (Wildman–Crippen LogP) is 2.31. The zero-order chi connectivity index (χ0) is 12.9. The molecule has 0 spiro atoms. The number of halogens is 3. The van der Waals surface area contributed by atoms with Crippen molar-refractivity contribution in [2.45, 2.75) is 6.18 Å². The SMILES string of the molecule is CNc1nc(NCCSC)cc(C(F)(F)F)n1. The van der Waals surface area contributed by atoms with E-state index < -0.39 is 11.9 Å². The van der Waals surface area contributed by atoms with Gasteiger partial charge in [-0.15, -0.1) is 0 Å². The number of hydrogen-bond acceptors (Lipinski definition) is 5. The van der Waals surface area contributed by atoms with E-state index in [2.05, 4.69) is 20.6 Å². The quantitative estimate of drug-likeness (QED) is 0.801. The predicted molar refractivity (Wildman–Crippen MR) is 63.5 cm³/mol. The molecular formula is C9H13F3N4S. The summed E-state index contributed by atoms with van der Waals surface area (Å²) < 4.78 is 37.6. The molecule has 0 aromatic carbocycles. The molecule has 0 bridgehead atoms. The summed E-state index contributed by atoms with van der Waals surface area (Å²) in [6.07, 6.45) is -2.55. The maximum atomic E-state index is 12.5. The van der Waals surface area contributed by atoms with Crippen LogP contribution in [0, 0.1) is 0 Å². The van der Waals surface area contributed by atoms with Crippen LogP contribution < -0.4 is 10.6 Å². The van der Waals surface area contributed by atoms with E-state index in [9.17, 15) is 13.2 Å². The highest BCUT2D eigenvalue weighted by Gasteiger charge is 2.33. The average molecular weight is 266 g/mol. The van der Waals surface area contributed by atoms with E-state index in [0.717, 1.165) is 11.8 Å². The maximum absolute atomic E-state index is 12.5. The molecule has 0 radical (unpaired) electrons. The lowest BCUT2D eigenvalue weighted by Gasteiger charge is -2.11. The van der Waals surface area contributed by atoms with Crippen LogP contribution in [0.5, 0.6) is 0 Å². The summed E-state index contributed by atoms with van der Waals surface area (Å²) in [5, 5.41) is 5.32. The molecule has 0 atom stereocenters. The summed E-state index contributed by atoms with van der Waals surface area (Å²) in [5.41, 5.74) is -0.955. The van der Waals surface area contributed by atoms with Crippen molar-refractivity contribution in [2.24, 2.45) is 0 Å². The summed E-state index contributed by atoms with van der Waals surface area (Å²) in [6, 6.07) is 0.904. The average Bonchev–Trinajstić information content (AvgIpc) is 2.28. The molecule has 2 N–H and O–H groups in total. The van der Waals surface area contributed by atoms with Crippen LogP contribution in [0.2, 0.25) is 0 Å². The smallest absolute Gasteiger partial charge is 0.369 e. The number of alkyl halides is 3. The highest BCUT2D eigenvalue weighted by molar-refractivity contribution is 7.98. The number of nitrogens with zero attached hydrogens (tertiary/aromatic N) is 2. The third kappa shape index (κ3) is 4.29. The molecule has 96 valence electrons. The van der Waals surface area contributed by atoms with Gasteiger partial charge in [-0.05, 0) is 6.26 Å². The van der Waals surface area contributed by atoms with Crippen molar-refractivity contribution >= 4 is 23.5 Å². The Bertz CT molecular complexity index is 370. The minimum atomic E-state index is -4.47. The van der Waals surface area contributed by atoms with E-state index >= 15 is 0 Å². The van der Waals surface area contributed by atoms with Crippen molar-refractivity contribution < 1.29 is 13.2 Å². The van der Waals surface area contributed by atoms with E-state index in [-0.39, 0.29) is 11.8 Å². The number of thioether (sulfide) groups is 1. The van der Waals surface area contributed by atoms with Crippen molar-refractivity contribution in [1.82, 2.24) is 9.97 Å². The van der Waals surface area contributed by atoms with Gasteiger partial charge in [-0.2, -0.15) is 29.9 Å². The molecule has 0 amide bonds. The fraction of sp³-hybridized carbons (Fsp3) is 0.556. The highest BCUT2D eigenvalue weighted by atomic mass is 32.2. The van der Waals surface area contributed by atoms with Crippen LogP contribution in [-0.2, 0) is 6.18 Å². The summed E-state index contributed by atoms with van der Waals surface area (Å²) >= 11 is 1.60. The van der Waals surface area contributed by atoms with Crippen molar-refractivity contribution in [1.29, 1.82) is 0 Å². The lowest BCUT2D eigenvalue weighted by atomic mass is 10.4. The first-order chi connectivity index (χ1) is 7.97. The van der Waals surface area contributed by atoms with Gasteiger partial charge in [-0.25, -0.2) is 4.98 Å². The van der Waals surface area contributed by atoms with E-state index in [4.69, 9.17) is 0 Å². The Morgan fingerprint density at radius 3 is 2.59 bits per heavy atom. The van der Waals surface area contributed by atoms with Crippen LogP contribution in [0.15, 0.2) is 6.07 Å². The summed E-state index contributed by atoms with van der Waals surface area (Å²) in [4.78, 5) is 7.25. The van der Waals surface area contributed by atoms with Crippen molar-refractivity contribution in [3.63, 3.8) is 0 Å². The van der Waals surface area contributed by atoms with Crippen LogP contribution in [0.1, 0.15) is 5.69 Å². The number of aromatic nitrogens is 2. The van der Waals surface area contributed by atoms with Gasteiger partial charge in [-0.3, -0.25) is 0 Å². The third-order valence-electron chi connectivity index (χ3n) is 1.85. The first-order valence-electron chi connectivity index (χ1n) is 4.84. The molecule has 0 saturated heterocycles. The van der Waals surface area contributed by atoms with Gasteiger partial charge >= 0.3 is 6.18 Å². The van der Waals surface area contributed by atoms with Crippen molar-refractivity contribution in [3.05, 3.63) is 11.8 Å². The van der Waals surface area contributed by atoms with E-state index in [0.29, 0.717) is 6.54 Å². The normalized spacial score (nSPS) is 11.4. The number of nitrogens with one attached hydrogen (secondary N) is 2. The van der Waals surface area contributed by atoms with Gasteiger partial charge in [0.05, 0.1) is 0 Å². The molecule has 0 aliphatic rings. The van der Waals surface area contributed by atoms with Crippen LogP contribution in [0.25, 0.3) is 0 Å². The van der Waals surface area contributed by atoms with E-state index in [1.165, 1.54) is 7.05 Å². The Morgan fingerprint density at radius 2 is 2.06 bits per heavy atom. The Morgan fingerprint density at radius 1 is 1.35 bits per heavy atom. The molecule has 4 nitrogen and oxygen atoms in total. The van der Waals surface area contributed by atoms with Gasteiger partial charge in [0.1, 0.15) is 5.82 Å². The lowest BCUT2D eigenvalue weighted by Crippen LogP contribution is -2.14. The molecule has 0 unspecified atom stereocenters. The van der Waals surface area contributed by atoms with Crippen molar-refractivity contribution in [2.75, 3.05) is 36.2 Å². The number of rotatable bonds is 5. The molecule has 1 heterocycles. The molecule has 0 saturated carbocycles. The molecule has 8 heteroatoms. The fourth-order valence-corrected chi connectivity index (χ4v) is 1.38. The summed E-state index contributed by atoms with van der Waals surface area (Å²) in [7, 11) is 1.47. The fourth-order valence-electron chi connectivity index (χ4n) is 1.08. The van der Waals surface area contributed by atoms with Crippen LogP contribution in [0.4, 0.5) is 24.9 Å². The zero-order valence-corrected chi connectivity index (χ0v) is 10.2. The molecule has 1 aromatic heterocycles. The molecule has 17 heavy (non-hydrogen) atoms. The van der Waals surface area contributed by atoms with Gasteiger partial charge in [0, 0.05) is 25.4 Å². The minimum Gasteiger partial charge on any atom is -0.369 e. The molecule has 1 rings (SSSR count). The second kappa shape index (κ2) is 5.95. The van der Waals surface area contributed by atoms with Gasteiger partial charge in [0.2, 0.25) is 5.95 Å². The van der Waals surface area contributed by atoms with E-state index in [1.54, 1.807) is 11.8 Å². The van der Waals surface area contributed by atoms with Gasteiger partial charge in [0.25, 0.3) is 0 Å². The molecule has 1 aromatic rings. The second-order valence-corrected chi connectivity index (χ2v) is 4.11. The Balaban J connectivity index is 2.89. The lowest BCUT2D eigenvalue weighted by molar-refractivity contribution is -0.141. The second-order valence-electron chi connectivity index (χ2n) is 3.13.